The van der Waals surface area contributed by atoms with Gasteiger partial charge in [0.15, 0.2) is 0 Å². The Hall–Kier alpha value is -2.02. The normalized spacial score (nSPS) is 8.64. The molecule has 0 atom stereocenters. The summed E-state index contributed by atoms with van der Waals surface area (Å²) in [5, 5.41) is 9.05. The quantitative estimate of drug-likeness (QED) is 0.524. The third-order valence-corrected chi connectivity index (χ3v) is 1.42. The van der Waals surface area contributed by atoms with Gasteiger partial charge in [-0.05, 0) is 6.07 Å². The van der Waals surface area contributed by atoms with E-state index in [2.05, 4.69) is 21.6 Å². The number of aromatic nitrogens is 1. The molecule has 0 aromatic carbocycles. The van der Waals surface area contributed by atoms with Gasteiger partial charge < -0.3 is 9.84 Å². The Morgan fingerprint density at radius 3 is 3.07 bits per heavy atom. The number of nitrogens with zero attached hydrogens (tertiary/aromatic N) is 1. The maximum absolute atomic E-state index is 10.7. The van der Waals surface area contributed by atoms with Crippen molar-refractivity contribution in [1.82, 2.24) is 4.98 Å². The predicted octanol–water partition coefficient (Wildman–Crippen LogP) is 0.702. The zero-order chi connectivity index (χ0) is 10.4. The minimum absolute atomic E-state index is 0.0339. The van der Waals surface area contributed by atoms with Crippen LogP contribution in [0.1, 0.15) is 12.0 Å². The molecule has 1 aromatic heterocycles. The standard InChI is InChI=1S/C10H9NO3/c1-14-10(13)4-2-3-8-5-9(12)7-11-6-8/h5-7,12H,4H2,1H3. The van der Waals surface area contributed by atoms with E-state index in [-0.39, 0.29) is 18.1 Å². The van der Waals surface area contributed by atoms with Gasteiger partial charge in [0, 0.05) is 11.8 Å². The highest BCUT2D eigenvalue weighted by Crippen LogP contribution is 2.06. The monoisotopic (exact) mass is 191 g/mol. The molecule has 0 fully saturated rings. The number of hydrogen-bond donors (Lipinski definition) is 1. The number of methoxy groups -OCH3 is 1. The number of ether oxygens (including phenoxy) is 1. The lowest BCUT2D eigenvalue weighted by molar-refractivity contribution is -0.139. The van der Waals surface area contributed by atoms with Crippen LogP contribution in [0.4, 0.5) is 0 Å². The van der Waals surface area contributed by atoms with Crippen LogP contribution < -0.4 is 0 Å². The highest BCUT2D eigenvalue weighted by Gasteiger charge is 1.94. The average Bonchev–Trinajstić information content (AvgIpc) is 2.17. The third-order valence-electron chi connectivity index (χ3n) is 1.42. The number of carbonyl (C=O) groups excluding carboxylic acids is 1. The molecule has 1 N–H and O–H groups in total. The second kappa shape index (κ2) is 4.87. The topological polar surface area (TPSA) is 59.4 Å². The van der Waals surface area contributed by atoms with Crippen LogP contribution in [-0.4, -0.2) is 23.2 Å². The molecule has 0 radical (unpaired) electrons. The van der Waals surface area contributed by atoms with Gasteiger partial charge in [-0.2, -0.15) is 0 Å². The highest BCUT2D eigenvalue weighted by molar-refractivity contribution is 5.72. The van der Waals surface area contributed by atoms with E-state index in [1.54, 1.807) is 0 Å². The van der Waals surface area contributed by atoms with Crippen molar-refractivity contribution >= 4 is 5.97 Å². The van der Waals surface area contributed by atoms with Crippen LogP contribution in [0.5, 0.6) is 5.75 Å². The van der Waals surface area contributed by atoms with Crippen molar-refractivity contribution in [3.63, 3.8) is 0 Å². The summed E-state index contributed by atoms with van der Waals surface area (Å²) < 4.78 is 4.41. The molecule has 0 bridgehead atoms. The first-order valence-electron chi connectivity index (χ1n) is 3.92. The van der Waals surface area contributed by atoms with E-state index in [0.29, 0.717) is 5.56 Å². The number of carbonyl (C=O) groups is 1. The van der Waals surface area contributed by atoms with Crippen LogP contribution in [0.25, 0.3) is 0 Å². The molecule has 0 aliphatic carbocycles. The molecule has 0 amide bonds. The van der Waals surface area contributed by atoms with E-state index in [1.807, 2.05) is 0 Å². The fourth-order valence-electron chi connectivity index (χ4n) is 0.787. The first kappa shape index (κ1) is 10.1. The molecule has 14 heavy (non-hydrogen) atoms. The minimum Gasteiger partial charge on any atom is -0.506 e. The van der Waals surface area contributed by atoms with E-state index >= 15 is 0 Å². The molecular weight excluding hydrogens is 182 g/mol. The molecule has 4 heteroatoms. The SMILES string of the molecule is COC(=O)CC#Cc1cncc(O)c1. The van der Waals surface area contributed by atoms with E-state index in [9.17, 15) is 4.79 Å². The van der Waals surface area contributed by atoms with Gasteiger partial charge in [-0.15, -0.1) is 0 Å². The van der Waals surface area contributed by atoms with Crippen LogP contribution in [0.15, 0.2) is 18.5 Å². The van der Waals surface area contributed by atoms with Crippen LogP contribution >= 0.6 is 0 Å². The Balaban J connectivity index is 2.64. The van der Waals surface area contributed by atoms with Crippen LogP contribution in [0, 0.1) is 11.8 Å². The molecule has 1 rings (SSSR count). The van der Waals surface area contributed by atoms with Gasteiger partial charge in [-0.25, -0.2) is 0 Å². The van der Waals surface area contributed by atoms with Gasteiger partial charge in [0.05, 0.1) is 13.3 Å². The first-order valence-corrected chi connectivity index (χ1v) is 3.92. The van der Waals surface area contributed by atoms with Gasteiger partial charge in [0.25, 0.3) is 0 Å². The average molecular weight is 191 g/mol. The number of aromatic hydroxyl groups is 1. The lowest BCUT2D eigenvalue weighted by Crippen LogP contribution is -1.96. The zero-order valence-electron chi connectivity index (χ0n) is 7.65. The highest BCUT2D eigenvalue weighted by atomic mass is 16.5. The Labute approximate surface area is 81.5 Å². The molecule has 0 unspecified atom stereocenters. The van der Waals surface area contributed by atoms with Gasteiger partial charge in [0.2, 0.25) is 0 Å². The van der Waals surface area contributed by atoms with Crippen molar-refractivity contribution in [2.45, 2.75) is 6.42 Å². The summed E-state index contributed by atoms with van der Waals surface area (Å²) in [5.41, 5.74) is 0.564. The summed E-state index contributed by atoms with van der Waals surface area (Å²) in [4.78, 5) is 14.4. The maximum atomic E-state index is 10.7. The summed E-state index contributed by atoms with van der Waals surface area (Å²) in [7, 11) is 1.31. The molecule has 72 valence electrons. The number of esters is 1. The largest absolute Gasteiger partial charge is 0.506 e. The van der Waals surface area contributed by atoms with E-state index in [1.165, 1.54) is 25.6 Å². The van der Waals surface area contributed by atoms with E-state index in [0.717, 1.165) is 0 Å². The summed E-state index contributed by atoms with van der Waals surface area (Å²) >= 11 is 0. The zero-order valence-corrected chi connectivity index (χ0v) is 7.65. The summed E-state index contributed by atoms with van der Waals surface area (Å²) in [6.45, 7) is 0. The van der Waals surface area contributed by atoms with Crippen molar-refractivity contribution in [2.75, 3.05) is 7.11 Å². The third kappa shape index (κ3) is 3.15. The molecular formula is C10H9NO3. The maximum Gasteiger partial charge on any atom is 0.317 e. The summed E-state index contributed by atoms with van der Waals surface area (Å²) in [6, 6.07) is 1.47. The van der Waals surface area contributed by atoms with Crippen LogP contribution in [0.2, 0.25) is 0 Å². The lowest BCUT2D eigenvalue weighted by atomic mass is 10.2. The second-order valence-electron chi connectivity index (χ2n) is 2.49. The predicted molar refractivity (Wildman–Crippen MR) is 49.4 cm³/mol. The first-order chi connectivity index (χ1) is 6.72. The molecule has 1 aromatic rings. The molecule has 0 aliphatic rings. The van der Waals surface area contributed by atoms with Gasteiger partial charge in [-0.1, -0.05) is 11.8 Å². The Bertz CT molecular complexity index is 390. The van der Waals surface area contributed by atoms with Crippen molar-refractivity contribution in [3.05, 3.63) is 24.0 Å². The van der Waals surface area contributed by atoms with E-state index in [4.69, 9.17) is 5.11 Å². The molecule has 0 saturated heterocycles. The second-order valence-corrected chi connectivity index (χ2v) is 2.49. The fourth-order valence-corrected chi connectivity index (χ4v) is 0.787. The summed E-state index contributed by atoms with van der Waals surface area (Å²) in [6.07, 6.45) is 2.85. The van der Waals surface area contributed by atoms with Crippen molar-refractivity contribution in [1.29, 1.82) is 0 Å². The Kier molecular flexibility index (Phi) is 3.50. The Morgan fingerprint density at radius 2 is 2.43 bits per heavy atom. The van der Waals surface area contributed by atoms with Crippen molar-refractivity contribution < 1.29 is 14.6 Å². The fraction of sp³-hybridized carbons (Fsp3) is 0.200. The Morgan fingerprint density at radius 1 is 1.64 bits per heavy atom. The van der Waals surface area contributed by atoms with Crippen molar-refractivity contribution in [2.24, 2.45) is 0 Å². The summed E-state index contributed by atoms with van der Waals surface area (Å²) in [5.74, 6) is 4.95. The molecule has 0 saturated carbocycles. The van der Waals surface area contributed by atoms with Crippen LogP contribution in [-0.2, 0) is 9.53 Å². The minimum atomic E-state index is -0.384. The van der Waals surface area contributed by atoms with Crippen LogP contribution in [0.3, 0.4) is 0 Å². The van der Waals surface area contributed by atoms with Gasteiger partial charge in [0.1, 0.15) is 12.2 Å². The number of hydrogen-bond acceptors (Lipinski definition) is 4. The van der Waals surface area contributed by atoms with E-state index < -0.39 is 0 Å². The molecule has 4 nitrogen and oxygen atoms in total. The lowest BCUT2D eigenvalue weighted by Gasteiger charge is -1.91. The van der Waals surface area contributed by atoms with Gasteiger partial charge >= 0.3 is 5.97 Å². The molecule has 0 aliphatic heterocycles. The smallest absolute Gasteiger partial charge is 0.317 e. The van der Waals surface area contributed by atoms with Gasteiger partial charge in [-0.3, -0.25) is 9.78 Å². The molecule has 0 spiro atoms. The van der Waals surface area contributed by atoms with Crippen molar-refractivity contribution in [3.8, 4) is 17.6 Å². The number of pyridine rings is 1. The number of rotatable bonds is 1. The molecule has 1 heterocycles.